The third-order valence-electron chi connectivity index (χ3n) is 3.96. The van der Waals surface area contributed by atoms with Crippen molar-refractivity contribution in [3.05, 3.63) is 109 Å². The van der Waals surface area contributed by atoms with Crippen LogP contribution < -0.4 is 14.8 Å². The van der Waals surface area contributed by atoms with Crippen LogP contribution in [0, 0.1) is 0 Å². The summed E-state index contributed by atoms with van der Waals surface area (Å²) in [5, 5.41) is 3.37. The minimum Gasteiger partial charge on any atom is -0.457 e. The molecule has 4 aromatic carbocycles. The zero-order valence-electron chi connectivity index (χ0n) is 18.7. The number of rotatable bonds is 6. The summed E-state index contributed by atoms with van der Waals surface area (Å²) >= 11 is 0. The lowest BCUT2D eigenvalue weighted by atomic mass is 10.2. The number of nitrogens with one attached hydrogen (secondary N) is 1. The van der Waals surface area contributed by atoms with E-state index >= 15 is 0 Å². The van der Waals surface area contributed by atoms with Gasteiger partial charge in [-0.2, -0.15) is 0 Å². The highest BCUT2D eigenvalue weighted by Crippen LogP contribution is 2.26. The van der Waals surface area contributed by atoms with Gasteiger partial charge in [0.2, 0.25) is 0 Å². The van der Waals surface area contributed by atoms with Crippen molar-refractivity contribution in [1.82, 2.24) is 0 Å². The van der Waals surface area contributed by atoms with Gasteiger partial charge in [0, 0.05) is 11.4 Å². The number of hydrogen-bond acceptors (Lipinski definition) is 3. The molecular formula is C28H31NO2. The van der Waals surface area contributed by atoms with Gasteiger partial charge in [-0.3, -0.25) is 0 Å². The first-order valence-electron chi connectivity index (χ1n) is 10.8. The maximum absolute atomic E-state index is 5.81. The molecule has 4 aromatic rings. The second kappa shape index (κ2) is 13.5. The topological polar surface area (TPSA) is 30.5 Å². The molecule has 0 atom stereocenters. The summed E-state index contributed by atoms with van der Waals surface area (Å²) in [5.41, 5.74) is 1.99. The third kappa shape index (κ3) is 7.90. The molecule has 160 valence electrons. The molecule has 0 aliphatic heterocycles. The summed E-state index contributed by atoms with van der Waals surface area (Å²) in [6.45, 7) is 8.00. The normalized spacial score (nSPS) is 9.29. The fourth-order valence-electron chi connectivity index (χ4n) is 2.63. The van der Waals surface area contributed by atoms with Crippen molar-refractivity contribution in [3.8, 4) is 23.0 Å². The minimum absolute atomic E-state index is 0.804. The Morgan fingerprint density at radius 1 is 0.387 bits per heavy atom. The summed E-state index contributed by atoms with van der Waals surface area (Å²) < 4.78 is 11.6. The number of anilines is 2. The molecule has 31 heavy (non-hydrogen) atoms. The van der Waals surface area contributed by atoms with Crippen molar-refractivity contribution in [3.63, 3.8) is 0 Å². The Labute approximate surface area is 186 Å². The summed E-state index contributed by atoms with van der Waals surface area (Å²) in [6, 6.07) is 35.3. The van der Waals surface area contributed by atoms with E-state index in [1.165, 1.54) is 0 Å². The zero-order valence-corrected chi connectivity index (χ0v) is 18.7. The molecule has 0 amide bonds. The van der Waals surface area contributed by atoms with Gasteiger partial charge in [0.15, 0.2) is 0 Å². The van der Waals surface area contributed by atoms with Crippen LogP contribution in [-0.2, 0) is 0 Å². The van der Waals surface area contributed by atoms with Crippen LogP contribution in [0.5, 0.6) is 23.0 Å². The lowest BCUT2D eigenvalue weighted by Crippen LogP contribution is -1.91. The van der Waals surface area contributed by atoms with E-state index in [0.717, 1.165) is 34.4 Å². The van der Waals surface area contributed by atoms with E-state index in [9.17, 15) is 0 Å². The van der Waals surface area contributed by atoms with Gasteiger partial charge < -0.3 is 14.8 Å². The van der Waals surface area contributed by atoms with Gasteiger partial charge in [-0.25, -0.2) is 0 Å². The van der Waals surface area contributed by atoms with Crippen LogP contribution >= 0.6 is 0 Å². The van der Waals surface area contributed by atoms with Crippen molar-refractivity contribution in [2.75, 3.05) is 5.32 Å². The van der Waals surface area contributed by atoms with E-state index in [1.54, 1.807) is 0 Å². The lowest BCUT2D eigenvalue weighted by Gasteiger charge is -2.10. The van der Waals surface area contributed by atoms with E-state index in [4.69, 9.17) is 9.47 Å². The van der Waals surface area contributed by atoms with Crippen LogP contribution in [0.4, 0.5) is 11.4 Å². The minimum atomic E-state index is 0.804. The highest BCUT2D eigenvalue weighted by molar-refractivity contribution is 5.61. The molecule has 0 aliphatic carbocycles. The molecule has 0 spiro atoms. The zero-order chi connectivity index (χ0) is 22.3. The van der Waals surface area contributed by atoms with Gasteiger partial charge in [-0.1, -0.05) is 64.1 Å². The predicted octanol–water partition coefficient (Wildman–Crippen LogP) is 9.07. The van der Waals surface area contributed by atoms with Crippen molar-refractivity contribution in [1.29, 1.82) is 0 Å². The maximum Gasteiger partial charge on any atom is 0.127 e. The van der Waals surface area contributed by atoms with Gasteiger partial charge in [0.1, 0.15) is 23.0 Å². The average molecular weight is 414 g/mol. The Morgan fingerprint density at radius 2 is 0.677 bits per heavy atom. The molecule has 0 unspecified atom stereocenters. The molecule has 4 rings (SSSR count). The van der Waals surface area contributed by atoms with Crippen LogP contribution in [0.25, 0.3) is 0 Å². The SMILES string of the molecule is CC.CC.c1ccc(Oc2ccc(Nc3ccc(Oc4ccccc4)cc3)cc2)cc1. The van der Waals surface area contributed by atoms with Gasteiger partial charge in [0.25, 0.3) is 0 Å². The van der Waals surface area contributed by atoms with Crippen molar-refractivity contribution < 1.29 is 9.47 Å². The predicted molar refractivity (Wildman–Crippen MR) is 132 cm³/mol. The summed E-state index contributed by atoms with van der Waals surface area (Å²) in [5.74, 6) is 3.26. The van der Waals surface area contributed by atoms with Crippen molar-refractivity contribution in [2.24, 2.45) is 0 Å². The highest BCUT2D eigenvalue weighted by atomic mass is 16.5. The molecule has 0 radical (unpaired) electrons. The monoisotopic (exact) mass is 413 g/mol. The molecular weight excluding hydrogens is 382 g/mol. The van der Waals surface area contributed by atoms with E-state index in [2.05, 4.69) is 5.32 Å². The second-order valence-corrected chi connectivity index (χ2v) is 6.00. The molecule has 3 nitrogen and oxygen atoms in total. The Kier molecular flexibility index (Phi) is 10.3. The number of hydrogen-bond donors (Lipinski definition) is 1. The van der Waals surface area contributed by atoms with Crippen LogP contribution in [-0.4, -0.2) is 0 Å². The Hall–Kier alpha value is -3.72. The fraction of sp³-hybridized carbons (Fsp3) is 0.143. The first kappa shape index (κ1) is 23.6. The van der Waals surface area contributed by atoms with Gasteiger partial charge >= 0.3 is 0 Å². The number of benzene rings is 4. The molecule has 0 bridgehead atoms. The Bertz CT molecular complexity index is 884. The molecule has 0 saturated heterocycles. The Balaban J connectivity index is 0.000000807. The number of para-hydroxylation sites is 2. The van der Waals surface area contributed by atoms with Crippen LogP contribution in [0.2, 0.25) is 0 Å². The Morgan fingerprint density at radius 3 is 1.00 bits per heavy atom. The van der Waals surface area contributed by atoms with Gasteiger partial charge in [-0.15, -0.1) is 0 Å². The maximum atomic E-state index is 5.81. The van der Waals surface area contributed by atoms with E-state index in [-0.39, 0.29) is 0 Å². The average Bonchev–Trinajstić information content (AvgIpc) is 2.85. The van der Waals surface area contributed by atoms with Crippen LogP contribution in [0.1, 0.15) is 27.7 Å². The highest BCUT2D eigenvalue weighted by Gasteiger charge is 2.00. The second-order valence-electron chi connectivity index (χ2n) is 6.00. The molecule has 0 fully saturated rings. The smallest absolute Gasteiger partial charge is 0.127 e. The lowest BCUT2D eigenvalue weighted by molar-refractivity contribution is 0.482. The summed E-state index contributed by atoms with van der Waals surface area (Å²) in [4.78, 5) is 0. The molecule has 3 heteroatoms. The standard InChI is InChI=1S/C24H19NO2.2C2H6/c1-3-7-21(8-4-1)26-23-15-11-19(12-16-23)25-20-13-17-24(18-14-20)27-22-9-5-2-6-10-22;2*1-2/h1-18,25H;2*1-2H3. The molecule has 0 saturated carbocycles. The summed E-state index contributed by atoms with van der Waals surface area (Å²) in [7, 11) is 0. The van der Waals surface area contributed by atoms with E-state index in [0.29, 0.717) is 0 Å². The van der Waals surface area contributed by atoms with Crippen molar-refractivity contribution in [2.45, 2.75) is 27.7 Å². The first-order valence-corrected chi connectivity index (χ1v) is 10.8. The first-order chi connectivity index (χ1) is 15.3. The van der Waals surface area contributed by atoms with Crippen molar-refractivity contribution >= 4 is 11.4 Å². The van der Waals surface area contributed by atoms with Gasteiger partial charge in [0.05, 0.1) is 0 Å². The molecule has 0 aromatic heterocycles. The fourth-order valence-corrected chi connectivity index (χ4v) is 2.63. The van der Waals surface area contributed by atoms with E-state index in [1.807, 2.05) is 137 Å². The largest absolute Gasteiger partial charge is 0.457 e. The summed E-state index contributed by atoms with van der Waals surface area (Å²) in [6.07, 6.45) is 0. The van der Waals surface area contributed by atoms with Crippen LogP contribution in [0.15, 0.2) is 109 Å². The van der Waals surface area contributed by atoms with E-state index < -0.39 is 0 Å². The molecule has 0 heterocycles. The van der Waals surface area contributed by atoms with Crippen LogP contribution in [0.3, 0.4) is 0 Å². The molecule has 0 aliphatic rings. The quantitative estimate of drug-likeness (QED) is 0.342. The van der Waals surface area contributed by atoms with Gasteiger partial charge in [-0.05, 0) is 72.8 Å². The molecule has 1 N–H and O–H groups in total. The third-order valence-corrected chi connectivity index (χ3v) is 3.96. The number of ether oxygens (including phenoxy) is 2.